The lowest BCUT2D eigenvalue weighted by Crippen LogP contribution is -2.25. The second kappa shape index (κ2) is 5.99. The minimum atomic E-state index is 0.621. The van der Waals surface area contributed by atoms with Gasteiger partial charge >= 0.3 is 0 Å². The number of hydrogen-bond donors (Lipinski definition) is 1. The summed E-state index contributed by atoms with van der Waals surface area (Å²) in [6, 6.07) is 7.91. The van der Waals surface area contributed by atoms with E-state index in [2.05, 4.69) is 18.9 Å². The van der Waals surface area contributed by atoms with E-state index in [1.807, 2.05) is 24.3 Å². The Morgan fingerprint density at radius 3 is 2.47 bits per heavy atom. The van der Waals surface area contributed by atoms with Gasteiger partial charge in [-0.25, -0.2) is 0 Å². The van der Waals surface area contributed by atoms with Crippen LogP contribution in [0.4, 0.5) is 5.69 Å². The van der Waals surface area contributed by atoms with Crippen molar-refractivity contribution in [2.24, 2.45) is 11.7 Å². The van der Waals surface area contributed by atoms with E-state index in [4.69, 9.17) is 17.3 Å². The minimum Gasteiger partial charge on any atom is -0.374 e. The number of halogens is 1. The van der Waals surface area contributed by atoms with Crippen molar-refractivity contribution in [2.45, 2.75) is 13.3 Å². The van der Waals surface area contributed by atoms with Crippen LogP contribution in [0.5, 0.6) is 0 Å². The Morgan fingerprint density at radius 2 is 1.93 bits per heavy atom. The maximum atomic E-state index is 5.84. The van der Waals surface area contributed by atoms with Gasteiger partial charge in [0.2, 0.25) is 0 Å². The van der Waals surface area contributed by atoms with E-state index >= 15 is 0 Å². The van der Waals surface area contributed by atoms with Crippen molar-refractivity contribution >= 4 is 17.3 Å². The summed E-state index contributed by atoms with van der Waals surface area (Å²) in [7, 11) is 2.09. The van der Waals surface area contributed by atoms with Crippen molar-refractivity contribution in [1.82, 2.24) is 0 Å². The molecule has 1 unspecified atom stereocenters. The van der Waals surface area contributed by atoms with Crippen molar-refractivity contribution < 1.29 is 0 Å². The fourth-order valence-electron chi connectivity index (χ4n) is 1.64. The molecule has 0 spiro atoms. The summed E-state index contributed by atoms with van der Waals surface area (Å²) in [6.45, 7) is 4.01. The van der Waals surface area contributed by atoms with Crippen LogP contribution >= 0.6 is 11.6 Å². The lowest BCUT2D eigenvalue weighted by atomic mass is 10.1. The summed E-state index contributed by atoms with van der Waals surface area (Å²) < 4.78 is 0. The lowest BCUT2D eigenvalue weighted by molar-refractivity contribution is 0.539. The van der Waals surface area contributed by atoms with E-state index in [0.29, 0.717) is 5.92 Å². The van der Waals surface area contributed by atoms with Crippen LogP contribution in [0.1, 0.15) is 13.3 Å². The van der Waals surface area contributed by atoms with Gasteiger partial charge in [-0.2, -0.15) is 0 Å². The summed E-state index contributed by atoms with van der Waals surface area (Å²) in [5.74, 6) is 0.621. The number of nitrogens with two attached hydrogens (primary N) is 1. The third-order valence-corrected chi connectivity index (χ3v) is 2.76. The summed E-state index contributed by atoms with van der Waals surface area (Å²) in [5.41, 5.74) is 6.73. The molecule has 1 atom stereocenters. The molecule has 2 nitrogen and oxygen atoms in total. The normalized spacial score (nSPS) is 12.5. The van der Waals surface area contributed by atoms with Crippen molar-refractivity contribution in [2.75, 3.05) is 25.0 Å². The Kier molecular flexibility index (Phi) is 4.92. The molecule has 1 rings (SSSR count). The molecule has 1 aromatic rings. The molecule has 0 saturated carbocycles. The monoisotopic (exact) mass is 226 g/mol. The lowest BCUT2D eigenvalue weighted by Gasteiger charge is -2.23. The number of rotatable bonds is 5. The molecule has 84 valence electrons. The predicted octanol–water partition coefficient (Wildman–Crippen LogP) is 2.76. The topological polar surface area (TPSA) is 29.3 Å². The highest BCUT2D eigenvalue weighted by Crippen LogP contribution is 2.18. The molecule has 0 amide bonds. The SMILES string of the molecule is CC(CCN)CN(C)c1ccc(Cl)cc1. The third-order valence-electron chi connectivity index (χ3n) is 2.51. The van der Waals surface area contributed by atoms with Crippen LogP contribution < -0.4 is 10.6 Å². The van der Waals surface area contributed by atoms with Crippen LogP contribution in [0.15, 0.2) is 24.3 Å². The summed E-state index contributed by atoms with van der Waals surface area (Å²) in [6.07, 6.45) is 1.07. The molecule has 0 fully saturated rings. The van der Waals surface area contributed by atoms with Crippen molar-refractivity contribution in [1.29, 1.82) is 0 Å². The van der Waals surface area contributed by atoms with Crippen molar-refractivity contribution in [3.05, 3.63) is 29.3 Å². The zero-order valence-corrected chi connectivity index (χ0v) is 10.2. The standard InChI is InChI=1S/C12H19ClN2/c1-10(7-8-14)9-15(2)12-5-3-11(13)4-6-12/h3-6,10H,7-9,14H2,1-2H3. The first kappa shape index (κ1) is 12.3. The Labute approximate surface area is 97.0 Å². The number of benzene rings is 1. The molecule has 0 radical (unpaired) electrons. The Morgan fingerprint density at radius 1 is 1.33 bits per heavy atom. The van der Waals surface area contributed by atoms with E-state index in [-0.39, 0.29) is 0 Å². The van der Waals surface area contributed by atoms with E-state index in [1.54, 1.807) is 0 Å². The van der Waals surface area contributed by atoms with Crippen LogP contribution in [0.2, 0.25) is 5.02 Å². The van der Waals surface area contributed by atoms with E-state index in [9.17, 15) is 0 Å². The Bertz CT molecular complexity index is 284. The predicted molar refractivity (Wildman–Crippen MR) is 67.6 cm³/mol. The summed E-state index contributed by atoms with van der Waals surface area (Å²) in [4.78, 5) is 2.23. The maximum absolute atomic E-state index is 5.84. The molecule has 2 N–H and O–H groups in total. The number of hydrogen-bond acceptors (Lipinski definition) is 2. The molecule has 0 aliphatic carbocycles. The van der Waals surface area contributed by atoms with Gasteiger partial charge in [0.1, 0.15) is 0 Å². The van der Waals surface area contributed by atoms with Gasteiger partial charge in [-0.05, 0) is 43.1 Å². The first-order chi connectivity index (χ1) is 7.13. The molecule has 0 saturated heterocycles. The van der Waals surface area contributed by atoms with E-state index in [1.165, 1.54) is 5.69 Å². The van der Waals surface area contributed by atoms with Crippen molar-refractivity contribution in [3.8, 4) is 0 Å². The molecule has 0 aromatic heterocycles. The van der Waals surface area contributed by atoms with E-state index in [0.717, 1.165) is 24.5 Å². The molecular formula is C12H19ClN2. The molecule has 3 heteroatoms. The molecule has 15 heavy (non-hydrogen) atoms. The smallest absolute Gasteiger partial charge is 0.0407 e. The second-order valence-corrected chi connectivity index (χ2v) is 4.48. The quantitative estimate of drug-likeness (QED) is 0.837. The van der Waals surface area contributed by atoms with Gasteiger partial charge in [-0.15, -0.1) is 0 Å². The zero-order chi connectivity index (χ0) is 11.3. The highest BCUT2D eigenvalue weighted by Gasteiger charge is 2.06. The molecule has 0 bridgehead atoms. The summed E-state index contributed by atoms with van der Waals surface area (Å²) >= 11 is 5.84. The molecule has 0 aliphatic rings. The largest absolute Gasteiger partial charge is 0.374 e. The molecule has 0 aliphatic heterocycles. The van der Waals surface area contributed by atoms with Gasteiger partial charge in [0.25, 0.3) is 0 Å². The van der Waals surface area contributed by atoms with Crippen molar-refractivity contribution in [3.63, 3.8) is 0 Å². The van der Waals surface area contributed by atoms with Gasteiger partial charge in [0.15, 0.2) is 0 Å². The first-order valence-corrected chi connectivity index (χ1v) is 5.68. The minimum absolute atomic E-state index is 0.621. The summed E-state index contributed by atoms with van der Waals surface area (Å²) in [5, 5.41) is 0.780. The van der Waals surface area contributed by atoms with Crippen LogP contribution in [0.25, 0.3) is 0 Å². The van der Waals surface area contributed by atoms with Gasteiger partial charge in [-0.3, -0.25) is 0 Å². The fourth-order valence-corrected chi connectivity index (χ4v) is 1.77. The van der Waals surface area contributed by atoms with Gasteiger partial charge < -0.3 is 10.6 Å². The van der Waals surface area contributed by atoms with Gasteiger partial charge in [-0.1, -0.05) is 18.5 Å². The maximum Gasteiger partial charge on any atom is 0.0407 e. The van der Waals surface area contributed by atoms with Gasteiger partial charge in [0, 0.05) is 24.3 Å². The fraction of sp³-hybridized carbons (Fsp3) is 0.500. The highest BCUT2D eigenvalue weighted by molar-refractivity contribution is 6.30. The van der Waals surface area contributed by atoms with Crippen LogP contribution in [-0.2, 0) is 0 Å². The second-order valence-electron chi connectivity index (χ2n) is 4.04. The number of anilines is 1. The number of nitrogens with zero attached hydrogens (tertiary/aromatic N) is 1. The zero-order valence-electron chi connectivity index (χ0n) is 9.41. The highest BCUT2D eigenvalue weighted by atomic mass is 35.5. The molecular weight excluding hydrogens is 208 g/mol. The van der Waals surface area contributed by atoms with Crippen LogP contribution in [-0.4, -0.2) is 20.1 Å². The average Bonchev–Trinajstić information content (AvgIpc) is 2.18. The van der Waals surface area contributed by atoms with Crippen LogP contribution in [0, 0.1) is 5.92 Å². The molecule has 0 heterocycles. The van der Waals surface area contributed by atoms with Crippen LogP contribution in [0.3, 0.4) is 0 Å². The molecule has 1 aromatic carbocycles. The van der Waals surface area contributed by atoms with E-state index < -0.39 is 0 Å². The Hall–Kier alpha value is -0.730. The third kappa shape index (κ3) is 4.10. The average molecular weight is 227 g/mol. The Balaban J connectivity index is 2.53. The van der Waals surface area contributed by atoms with Gasteiger partial charge in [0.05, 0.1) is 0 Å². The first-order valence-electron chi connectivity index (χ1n) is 5.30.